The molecule has 0 atom stereocenters. The molecule has 2 amide bonds. The van der Waals surface area contributed by atoms with E-state index in [1.54, 1.807) is 0 Å². The predicted molar refractivity (Wildman–Crippen MR) is 114 cm³/mol. The molecule has 0 aliphatic carbocycles. The summed E-state index contributed by atoms with van der Waals surface area (Å²) in [5, 5.41) is 2.98. The Kier molecular flexibility index (Phi) is 7.44. The Hall–Kier alpha value is -2.89. The SMILES string of the molecule is Cc1cccc(C)c1OCCCC(=O)N1CCC(NC(=O)c2ccc(F)cc2)CC1. The van der Waals surface area contributed by atoms with Gasteiger partial charge in [-0.1, -0.05) is 18.2 Å². The van der Waals surface area contributed by atoms with Gasteiger partial charge in [0.15, 0.2) is 0 Å². The number of nitrogens with zero attached hydrogens (tertiary/aromatic N) is 1. The Labute approximate surface area is 177 Å². The van der Waals surface area contributed by atoms with Crippen molar-refractivity contribution in [2.75, 3.05) is 19.7 Å². The zero-order valence-corrected chi connectivity index (χ0v) is 17.6. The highest BCUT2D eigenvalue weighted by molar-refractivity contribution is 5.94. The van der Waals surface area contributed by atoms with Gasteiger partial charge in [0.1, 0.15) is 11.6 Å². The highest BCUT2D eigenvalue weighted by Crippen LogP contribution is 2.22. The van der Waals surface area contributed by atoms with Crippen molar-refractivity contribution in [1.82, 2.24) is 10.2 Å². The van der Waals surface area contributed by atoms with Gasteiger partial charge >= 0.3 is 0 Å². The molecule has 6 heteroatoms. The first-order chi connectivity index (χ1) is 14.4. The molecule has 0 saturated carbocycles. The molecule has 0 bridgehead atoms. The van der Waals surface area contributed by atoms with Crippen LogP contribution < -0.4 is 10.1 Å². The van der Waals surface area contributed by atoms with Gasteiger partial charge in [-0.3, -0.25) is 9.59 Å². The van der Waals surface area contributed by atoms with Crippen LogP contribution in [0.5, 0.6) is 5.75 Å². The minimum absolute atomic E-state index is 0.0268. The van der Waals surface area contributed by atoms with Crippen LogP contribution in [0, 0.1) is 19.7 Å². The molecule has 1 heterocycles. The van der Waals surface area contributed by atoms with E-state index in [4.69, 9.17) is 4.74 Å². The molecule has 0 unspecified atom stereocenters. The van der Waals surface area contributed by atoms with Gasteiger partial charge in [0.25, 0.3) is 5.91 Å². The summed E-state index contributed by atoms with van der Waals surface area (Å²) in [6, 6.07) is 11.6. The first-order valence-corrected chi connectivity index (χ1v) is 10.5. The lowest BCUT2D eigenvalue weighted by Gasteiger charge is -2.32. The number of hydrogen-bond donors (Lipinski definition) is 1. The minimum Gasteiger partial charge on any atom is -0.493 e. The van der Waals surface area contributed by atoms with Crippen molar-refractivity contribution >= 4 is 11.8 Å². The summed E-state index contributed by atoms with van der Waals surface area (Å²) in [7, 11) is 0. The van der Waals surface area contributed by atoms with Crippen LogP contribution >= 0.6 is 0 Å². The number of likely N-dealkylation sites (tertiary alicyclic amines) is 1. The van der Waals surface area contributed by atoms with Crippen molar-refractivity contribution in [2.24, 2.45) is 0 Å². The lowest BCUT2D eigenvalue weighted by atomic mass is 10.0. The molecule has 2 aromatic rings. The molecule has 1 saturated heterocycles. The van der Waals surface area contributed by atoms with Gasteiger partial charge in [-0.25, -0.2) is 4.39 Å². The van der Waals surface area contributed by atoms with Crippen LogP contribution in [0.2, 0.25) is 0 Å². The number of hydrogen-bond acceptors (Lipinski definition) is 3. The maximum Gasteiger partial charge on any atom is 0.251 e. The maximum atomic E-state index is 13.0. The Morgan fingerprint density at radius 1 is 1.07 bits per heavy atom. The van der Waals surface area contributed by atoms with Crippen LogP contribution in [0.1, 0.15) is 47.2 Å². The number of nitrogens with one attached hydrogen (secondary N) is 1. The van der Waals surface area contributed by atoms with Crippen LogP contribution in [0.4, 0.5) is 4.39 Å². The molecule has 1 aliphatic heterocycles. The Morgan fingerprint density at radius 3 is 2.33 bits per heavy atom. The maximum absolute atomic E-state index is 13.0. The van der Waals surface area contributed by atoms with E-state index in [0.29, 0.717) is 38.1 Å². The monoisotopic (exact) mass is 412 g/mol. The van der Waals surface area contributed by atoms with Gasteiger partial charge in [0, 0.05) is 31.1 Å². The second-order valence-electron chi connectivity index (χ2n) is 7.81. The van der Waals surface area contributed by atoms with E-state index >= 15 is 0 Å². The lowest BCUT2D eigenvalue weighted by molar-refractivity contribution is -0.132. The fraction of sp³-hybridized carbons (Fsp3) is 0.417. The smallest absolute Gasteiger partial charge is 0.251 e. The number of ether oxygens (including phenoxy) is 1. The van der Waals surface area contributed by atoms with E-state index < -0.39 is 0 Å². The summed E-state index contributed by atoms with van der Waals surface area (Å²) in [5.41, 5.74) is 2.65. The molecule has 0 radical (unpaired) electrons. The third-order valence-electron chi connectivity index (χ3n) is 5.48. The molecule has 0 aromatic heterocycles. The van der Waals surface area contributed by atoms with Gasteiger partial charge in [-0.05, 0) is 68.5 Å². The Bertz CT molecular complexity index is 854. The van der Waals surface area contributed by atoms with Crippen LogP contribution in [-0.2, 0) is 4.79 Å². The fourth-order valence-corrected chi connectivity index (χ4v) is 3.73. The minimum atomic E-state index is -0.363. The van der Waals surface area contributed by atoms with Crippen molar-refractivity contribution in [1.29, 1.82) is 0 Å². The summed E-state index contributed by atoms with van der Waals surface area (Å²) in [5.74, 6) is 0.465. The number of benzene rings is 2. The van der Waals surface area contributed by atoms with Crippen molar-refractivity contribution in [3.05, 3.63) is 65.0 Å². The van der Waals surface area contributed by atoms with Crippen molar-refractivity contribution in [3.63, 3.8) is 0 Å². The molecule has 2 aromatic carbocycles. The first-order valence-electron chi connectivity index (χ1n) is 10.5. The number of para-hydroxylation sites is 1. The van der Waals surface area contributed by atoms with E-state index in [2.05, 4.69) is 5.32 Å². The molecule has 0 spiro atoms. The predicted octanol–water partition coefficient (Wildman–Crippen LogP) is 4.02. The summed E-state index contributed by atoms with van der Waals surface area (Å²) in [4.78, 5) is 26.6. The average Bonchev–Trinajstić information content (AvgIpc) is 2.73. The summed E-state index contributed by atoms with van der Waals surface area (Å²) in [6.07, 6.45) is 2.57. The van der Waals surface area contributed by atoms with Crippen LogP contribution in [0.3, 0.4) is 0 Å². The molecule has 5 nitrogen and oxygen atoms in total. The van der Waals surface area contributed by atoms with Crippen LogP contribution in [0.25, 0.3) is 0 Å². The number of piperidine rings is 1. The first kappa shape index (κ1) is 21.8. The summed E-state index contributed by atoms with van der Waals surface area (Å²) >= 11 is 0. The second kappa shape index (κ2) is 10.2. The van der Waals surface area contributed by atoms with Gasteiger partial charge in [-0.2, -0.15) is 0 Å². The standard InChI is InChI=1S/C24H29FN2O3/c1-17-5-3-6-18(2)23(17)30-16-4-7-22(28)27-14-12-21(13-15-27)26-24(29)19-8-10-20(25)11-9-19/h3,5-6,8-11,21H,4,7,12-16H2,1-2H3,(H,26,29). The van der Waals surface area contributed by atoms with Crippen LogP contribution in [0.15, 0.2) is 42.5 Å². The number of carbonyl (C=O) groups is 2. The largest absolute Gasteiger partial charge is 0.493 e. The number of rotatable bonds is 7. The van der Waals surface area contributed by atoms with Gasteiger partial charge in [0.05, 0.1) is 6.61 Å². The molecule has 30 heavy (non-hydrogen) atoms. The quantitative estimate of drug-likeness (QED) is 0.699. The van der Waals surface area contributed by atoms with Crippen molar-refractivity contribution < 1.29 is 18.7 Å². The number of aryl methyl sites for hydroxylation is 2. The molecule has 1 aliphatic rings. The van der Waals surface area contributed by atoms with Crippen molar-refractivity contribution in [2.45, 2.75) is 45.6 Å². The Morgan fingerprint density at radius 2 is 1.70 bits per heavy atom. The zero-order valence-electron chi connectivity index (χ0n) is 17.6. The topological polar surface area (TPSA) is 58.6 Å². The zero-order chi connectivity index (χ0) is 21.5. The highest BCUT2D eigenvalue weighted by atomic mass is 19.1. The molecular weight excluding hydrogens is 383 g/mol. The highest BCUT2D eigenvalue weighted by Gasteiger charge is 2.24. The second-order valence-corrected chi connectivity index (χ2v) is 7.81. The third kappa shape index (κ3) is 5.81. The Balaban J connectivity index is 1.36. The van der Waals surface area contributed by atoms with E-state index in [1.807, 2.05) is 36.9 Å². The van der Waals surface area contributed by atoms with E-state index in [1.165, 1.54) is 24.3 Å². The van der Waals surface area contributed by atoms with E-state index in [9.17, 15) is 14.0 Å². The van der Waals surface area contributed by atoms with Gasteiger partial charge < -0.3 is 15.0 Å². The van der Waals surface area contributed by atoms with Gasteiger partial charge in [-0.15, -0.1) is 0 Å². The van der Waals surface area contributed by atoms with Crippen LogP contribution in [-0.4, -0.2) is 42.5 Å². The molecule has 1 N–H and O–H groups in total. The number of amides is 2. The van der Waals surface area contributed by atoms with Gasteiger partial charge in [0.2, 0.25) is 5.91 Å². The average molecular weight is 413 g/mol. The molecule has 1 fully saturated rings. The third-order valence-corrected chi connectivity index (χ3v) is 5.48. The summed E-state index contributed by atoms with van der Waals surface area (Å²) < 4.78 is 18.9. The van der Waals surface area contributed by atoms with E-state index in [-0.39, 0.29) is 23.7 Å². The molecule has 160 valence electrons. The molecule has 3 rings (SSSR count). The van der Waals surface area contributed by atoms with E-state index in [0.717, 1.165) is 29.7 Å². The molecular formula is C24H29FN2O3. The van der Waals surface area contributed by atoms with Crippen molar-refractivity contribution in [3.8, 4) is 5.75 Å². The fourth-order valence-electron chi connectivity index (χ4n) is 3.73. The summed E-state index contributed by atoms with van der Waals surface area (Å²) in [6.45, 7) is 5.82. The number of carbonyl (C=O) groups excluding carboxylic acids is 2. The normalized spacial score (nSPS) is 14.4. The number of halogens is 1. The lowest BCUT2D eigenvalue weighted by Crippen LogP contribution is -2.46.